The number of carbonyl (C=O) groups excluding carboxylic acids is 3. The van der Waals surface area contributed by atoms with E-state index in [1.165, 1.54) is 0 Å². The lowest BCUT2D eigenvalue weighted by molar-refractivity contribution is -0.118. The summed E-state index contributed by atoms with van der Waals surface area (Å²) in [6, 6.07) is 19.9. The number of hydrogen-bond acceptors (Lipinski definition) is 5. The number of anilines is 1. The highest BCUT2D eigenvalue weighted by Crippen LogP contribution is 2.31. The third-order valence-corrected chi connectivity index (χ3v) is 4.59. The van der Waals surface area contributed by atoms with Crippen molar-refractivity contribution in [1.29, 1.82) is 5.26 Å². The molecule has 0 fully saturated rings. The van der Waals surface area contributed by atoms with Crippen LogP contribution in [0.5, 0.6) is 5.75 Å². The smallest absolute Gasteiger partial charge is 0.262 e. The normalized spacial score (nSPS) is 11.8. The quantitative estimate of drug-likeness (QED) is 0.584. The van der Waals surface area contributed by atoms with Crippen LogP contribution in [0.15, 0.2) is 66.7 Å². The molecular formula is C23H14N2O4. The second kappa shape index (κ2) is 7.41. The van der Waals surface area contributed by atoms with Gasteiger partial charge in [-0.25, -0.2) is 0 Å². The fourth-order valence-corrected chi connectivity index (χ4v) is 3.26. The summed E-state index contributed by atoms with van der Waals surface area (Å²) in [5, 5.41) is 11.7. The van der Waals surface area contributed by atoms with Gasteiger partial charge in [-0.1, -0.05) is 48.5 Å². The number of para-hydroxylation sites is 1. The van der Waals surface area contributed by atoms with Crippen molar-refractivity contribution in [2.75, 3.05) is 11.9 Å². The fourth-order valence-electron chi connectivity index (χ4n) is 3.26. The summed E-state index contributed by atoms with van der Waals surface area (Å²) in [7, 11) is 0. The van der Waals surface area contributed by atoms with Crippen molar-refractivity contribution in [1.82, 2.24) is 0 Å². The van der Waals surface area contributed by atoms with E-state index in [0.29, 0.717) is 22.4 Å². The summed E-state index contributed by atoms with van der Waals surface area (Å²) in [5.74, 6) is -0.794. The second-order valence-electron chi connectivity index (χ2n) is 6.38. The van der Waals surface area contributed by atoms with E-state index in [-0.39, 0.29) is 35.0 Å². The first-order valence-corrected chi connectivity index (χ1v) is 8.83. The first-order chi connectivity index (χ1) is 14.1. The summed E-state index contributed by atoms with van der Waals surface area (Å²) in [6.07, 6.45) is 0. The molecule has 0 aromatic heterocycles. The zero-order valence-corrected chi connectivity index (χ0v) is 15.1. The minimum absolute atomic E-state index is 0.168. The Hall–Kier alpha value is -4.24. The monoisotopic (exact) mass is 382 g/mol. The molecule has 140 valence electrons. The van der Waals surface area contributed by atoms with Crippen LogP contribution in [0.4, 0.5) is 5.69 Å². The molecule has 4 rings (SSSR count). The minimum atomic E-state index is -0.509. The molecule has 0 bridgehead atoms. The molecule has 3 aromatic rings. The molecule has 0 aliphatic heterocycles. The Labute approximate surface area is 166 Å². The van der Waals surface area contributed by atoms with Crippen molar-refractivity contribution >= 4 is 23.2 Å². The topological polar surface area (TPSA) is 96.3 Å². The zero-order chi connectivity index (χ0) is 20.4. The highest BCUT2D eigenvalue weighted by Gasteiger charge is 2.31. The molecule has 0 unspecified atom stereocenters. The van der Waals surface area contributed by atoms with Crippen molar-refractivity contribution < 1.29 is 19.1 Å². The van der Waals surface area contributed by atoms with E-state index >= 15 is 0 Å². The Morgan fingerprint density at radius 2 is 1.52 bits per heavy atom. The summed E-state index contributed by atoms with van der Waals surface area (Å²) in [4.78, 5) is 38.1. The SMILES string of the molecule is N#Cc1ccccc1OCC(=O)Nc1cccc2c1C(=O)c1ccccc1C2=O. The highest BCUT2D eigenvalue weighted by atomic mass is 16.5. The first kappa shape index (κ1) is 18.1. The number of nitrogens with zero attached hydrogens (tertiary/aromatic N) is 1. The number of ether oxygens (including phenoxy) is 1. The molecule has 0 spiro atoms. The van der Waals surface area contributed by atoms with Crippen LogP contribution in [-0.4, -0.2) is 24.1 Å². The summed E-state index contributed by atoms with van der Waals surface area (Å²) in [5.41, 5.74) is 1.65. The average Bonchev–Trinajstić information content (AvgIpc) is 2.76. The van der Waals surface area contributed by atoms with Crippen LogP contribution in [0.2, 0.25) is 0 Å². The van der Waals surface area contributed by atoms with Gasteiger partial charge in [0.1, 0.15) is 11.8 Å². The molecule has 1 aliphatic rings. The summed E-state index contributed by atoms with van der Waals surface area (Å²) >= 11 is 0. The van der Waals surface area contributed by atoms with Gasteiger partial charge in [-0.2, -0.15) is 5.26 Å². The number of carbonyl (C=O) groups is 3. The van der Waals surface area contributed by atoms with Crippen LogP contribution >= 0.6 is 0 Å². The Bertz CT molecular complexity index is 1210. The maximum atomic E-state index is 12.9. The van der Waals surface area contributed by atoms with E-state index in [1.54, 1.807) is 66.7 Å². The third-order valence-electron chi connectivity index (χ3n) is 4.59. The van der Waals surface area contributed by atoms with Gasteiger partial charge >= 0.3 is 0 Å². The van der Waals surface area contributed by atoms with Crippen LogP contribution in [0, 0.1) is 11.3 Å². The van der Waals surface area contributed by atoms with Crippen LogP contribution < -0.4 is 10.1 Å². The number of hydrogen-bond donors (Lipinski definition) is 1. The second-order valence-corrected chi connectivity index (χ2v) is 6.38. The lowest BCUT2D eigenvalue weighted by Gasteiger charge is -2.20. The molecule has 3 aromatic carbocycles. The molecule has 0 atom stereocenters. The molecule has 0 saturated heterocycles. The Morgan fingerprint density at radius 1 is 0.862 bits per heavy atom. The van der Waals surface area contributed by atoms with Gasteiger partial charge in [0.2, 0.25) is 0 Å². The fraction of sp³-hybridized carbons (Fsp3) is 0.0435. The van der Waals surface area contributed by atoms with Crippen molar-refractivity contribution in [3.63, 3.8) is 0 Å². The van der Waals surface area contributed by atoms with Gasteiger partial charge in [-0.3, -0.25) is 14.4 Å². The lowest BCUT2D eigenvalue weighted by Crippen LogP contribution is -2.26. The van der Waals surface area contributed by atoms with E-state index in [4.69, 9.17) is 10.00 Å². The molecule has 1 amide bonds. The largest absolute Gasteiger partial charge is 0.482 e. The molecule has 1 aliphatic carbocycles. The van der Waals surface area contributed by atoms with Gasteiger partial charge in [-0.05, 0) is 18.2 Å². The number of amides is 1. The number of ketones is 2. The van der Waals surface area contributed by atoms with Gasteiger partial charge < -0.3 is 10.1 Å². The van der Waals surface area contributed by atoms with E-state index in [1.807, 2.05) is 6.07 Å². The summed E-state index contributed by atoms with van der Waals surface area (Å²) in [6.45, 7) is -0.346. The van der Waals surface area contributed by atoms with Crippen LogP contribution in [0.25, 0.3) is 0 Å². The molecule has 29 heavy (non-hydrogen) atoms. The Morgan fingerprint density at radius 3 is 2.28 bits per heavy atom. The molecule has 1 N–H and O–H groups in total. The number of nitrogens with one attached hydrogen (secondary N) is 1. The highest BCUT2D eigenvalue weighted by molar-refractivity contribution is 6.30. The molecule has 0 saturated carbocycles. The maximum absolute atomic E-state index is 12.9. The molecule has 6 heteroatoms. The van der Waals surface area contributed by atoms with Crippen molar-refractivity contribution in [2.45, 2.75) is 0 Å². The van der Waals surface area contributed by atoms with Gasteiger partial charge in [0.25, 0.3) is 5.91 Å². The van der Waals surface area contributed by atoms with Gasteiger partial charge in [-0.15, -0.1) is 0 Å². The lowest BCUT2D eigenvalue weighted by atomic mass is 9.83. The molecule has 6 nitrogen and oxygen atoms in total. The van der Waals surface area contributed by atoms with Crippen LogP contribution in [-0.2, 0) is 4.79 Å². The van der Waals surface area contributed by atoms with Gasteiger partial charge in [0, 0.05) is 16.7 Å². The predicted molar refractivity (Wildman–Crippen MR) is 105 cm³/mol. The van der Waals surface area contributed by atoms with Gasteiger partial charge in [0.05, 0.1) is 16.8 Å². The number of rotatable bonds is 4. The van der Waals surface area contributed by atoms with Gasteiger partial charge in [0.15, 0.2) is 18.2 Å². The Kier molecular flexibility index (Phi) is 4.63. The third kappa shape index (κ3) is 3.26. The van der Waals surface area contributed by atoms with E-state index < -0.39 is 5.91 Å². The minimum Gasteiger partial charge on any atom is -0.482 e. The predicted octanol–water partition coefficient (Wildman–Crippen LogP) is 3.35. The standard InChI is InChI=1S/C23H14N2O4/c24-12-14-6-1-4-11-19(14)29-13-20(26)25-18-10-5-9-17-21(18)23(28)16-8-3-2-7-15(16)22(17)27/h1-11H,13H2,(H,25,26). The van der Waals surface area contributed by atoms with E-state index in [9.17, 15) is 14.4 Å². The number of fused-ring (bicyclic) bond motifs is 2. The average molecular weight is 382 g/mol. The van der Waals surface area contributed by atoms with Crippen LogP contribution in [0.3, 0.4) is 0 Å². The van der Waals surface area contributed by atoms with E-state index in [2.05, 4.69) is 5.32 Å². The van der Waals surface area contributed by atoms with Crippen molar-refractivity contribution in [3.8, 4) is 11.8 Å². The van der Waals surface area contributed by atoms with Crippen molar-refractivity contribution in [2.24, 2.45) is 0 Å². The zero-order valence-electron chi connectivity index (χ0n) is 15.1. The Balaban J connectivity index is 1.58. The van der Waals surface area contributed by atoms with Crippen molar-refractivity contribution in [3.05, 3.63) is 94.5 Å². The van der Waals surface area contributed by atoms with E-state index in [0.717, 1.165) is 0 Å². The number of benzene rings is 3. The summed E-state index contributed by atoms with van der Waals surface area (Å²) < 4.78 is 5.42. The van der Waals surface area contributed by atoms with Crippen LogP contribution in [0.1, 0.15) is 37.4 Å². The maximum Gasteiger partial charge on any atom is 0.262 e. The first-order valence-electron chi connectivity index (χ1n) is 8.83. The molecule has 0 radical (unpaired) electrons. The number of nitriles is 1. The molecule has 0 heterocycles. The molecular weight excluding hydrogens is 368 g/mol.